The SMILES string of the molecule is [2H]c1c([2H])c([2H])c(-c2c([2H])c([2H])c(N(c3ccc(-c4ccc5ccccc5c4-c4ccc(-c5ccccc5)cc4)cc3)c3c([2H])c([2H])c4c(c3[2H])C3(c5c([2H])c([2H])c([2H])c([2H])c5-c5c([2H])c([2H])c([2H])c([2H])c53)c3c([2H])c([2H])c([2H])c([2H])c3-4)c([2H])c2[2H])c([2H])c1[2H]. The van der Waals surface area contributed by atoms with Gasteiger partial charge in [-0.1, -0.05) is 224 Å². The van der Waals surface area contributed by atoms with Crippen LogP contribution in [0.1, 0.15) is 55.2 Å². The van der Waals surface area contributed by atoms with E-state index < -0.39 is 217 Å². The number of benzene rings is 11. The maximum atomic E-state index is 10.8. The molecular weight excluding hydrogens is 795 g/mol. The van der Waals surface area contributed by atoms with Crippen LogP contribution in [0.5, 0.6) is 0 Å². The Kier molecular flexibility index (Phi) is 4.87. The van der Waals surface area contributed by atoms with Gasteiger partial charge in [-0.15, -0.1) is 0 Å². The van der Waals surface area contributed by atoms with Crippen LogP contribution in [0.15, 0.2) is 260 Å². The minimum absolute atomic E-state index is 0.115. The van der Waals surface area contributed by atoms with Gasteiger partial charge in [0.2, 0.25) is 0 Å². The van der Waals surface area contributed by atoms with Crippen molar-refractivity contribution in [3.05, 3.63) is 283 Å². The Balaban J connectivity index is 1.15. The van der Waals surface area contributed by atoms with Gasteiger partial charge in [-0.05, 0) is 136 Å². The largest absolute Gasteiger partial charge is 0.310 e. The third-order valence-electron chi connectivity index (χ3n) is 12.3. The van der Waals surface area contributed by atoms with Gasteiger partial charge in [0.1, 0.15) is 0 Å². The van der Waals surface area contributed by atoms with Crippen molar-refractivity contribution in [3.63, 3.8) is 0 Å². The maximum absolute atomic E-state index is 10.8. The van der Waals surface area contributed by atoms with E-state index in [1.807, 2.05) is 91.0 Å². The Hall–Kier alpha value is -8.52. The molecule has 11 aromatic carbocycles. The van der Waals surface area contributed by atoms with E-state index >= 15 is 0 Å². The van der Waals surface area contributed by atoms with Crippen LogP contribution in [0.2, 0.25) is 0 Å². The van der Waals surface area contributed by atoms with Crippen molar-refractivity contribution < 1.29 is 32.9 Å². The molecule has 0 aromatic heterocycles. The summed E-state index contributed by atoms with van der Waals surface area (Å²) in [6.07, 6.45) is 0. The Morgan fingerprint density at radius 3 is 1.48 bits per heavy atom. The zero-order valence-electron chi connectivity index (χ0n) is 58.4. The lowest BCUT2D eigenvalue weighted by Crippen LogP contribution is -2.26. The summed E-state index contributed by atoms with van der Waals surface area (Å²) in [6.45, 7) is 0. The van der Waals surface area contributed by atoms with Gasteiger partial charge in [0, 0.05) is 17.1 Å². The first-order valence-electron chi connectivity index (χ1n) is 33.0. The van der Waals surface area contributed by atoms with E-state index in [-0.39, 0.29) is 5.69 Å². The molecule has 0 aliphatic heterocycles. The summed E-state index contributed by atoms with van der Waals surface area (Å²) in [7, 11) is 0. The van der Waals surface area contributed by atoms with Crippen LogP contribution in [-0.2, 0) is 5.41 Å². The molecule has 11 aromatic rings. The van der Waals surface area contributed by atoms with E-state index in [4.69, 9.17) is 15.1 Å². The van der Waals surface area contributed by atoms with Crippen molar-refractivity contribution in [3.8, 4) is 66.8 Å². The summed E-state index contributed by atoms with van der Waals surface area (Å²) in [6, 6.07) is 14.6. The lowest BCUT2D eigenvalue weighted by atomic mass is 9.70. The van der Waals surface area contributed by atoms with Crippen LogP contribution in [-0.4, -0.2) is 0 Å². The molecule has 0 radical (unpaired) electrons. The highest BCUT2D eigenvalue weighted by Crippen LogP contribution is 2.63. The molecule has 0 N–H and O–H groups in total. The minimum atomic E-state index is -2.78. The van der Waals surface area contributed by atoms with Crippen molar-refractivity contribution in [1.82, 2.24) is 0 Å². The zero-order chi connectivity index (χ0) is 64.5. The van der Waals surface area contributed by atoms with E-state index in [1.54, 1.807) is 12.1 Å². The Morgan fingerprint density at radius 1 is 0.303 bits per heavy atom. The monoisotopic (exact) mass is 861 g/mol. The molecule has 1 spiro atoms. The number of hydrogen-bond donors (Lipinski definition) is 0. The Labute approximate surface area is 419 Å². The van der Waals surface area contributed by atoms with E-state index in [9.17, 15) is 17.8 Å². The first kappa shape index (κ1) is 21.0. The van der Waals surface area contributed by atoms with Gasteiger partial charge in [0.05, 0.1) is 38.3 Å². The summed E-state index contributed by atoms with van der Waals surface area (Å²) in [5.74, 6) is 0. The molecule has 13 rings (SSSR count). The molecule has 66 heavy (non-hydrogen) atoms. The van der Waals surface area contributed by atoms with Crippen LogP contribution < -0.4 is 4.90 Å². The highest BCUT2D eigenvalue weighted by molar-refractivity contribution is 6.04. The minimum Gasteiger partial charge on any atom is -0.310 e. The molecule has 0 saturated carbocycles. The standard InChI is InChI=1S/C65H43N/c1-3-15-44(16-4-1)46-27-29-50(30-28-46)64-54-20-8-7-19-48(54)35-41-55(64)49-33-38-52(39-34-49)66(51-36-31-47(32-37-51)45-17-5-2-6-18-45)53-40-42-59-58-23-11-14-26-62(58)65(63(59)43-53)60-24-12-9-21-56(60)57-22-10-13-25-61(57)65/h1-43H/i2D,5D,6D,9D,10D,11D,12D,13D,14D,17D,18D,21D,22D,23D,24D,25D,26D,31D,32D,36D,37D,40D,42D,43D. The summed E-state index contributed by atoms with van der Waals surface area (Å²) < 4.78 is 224. The van der Waals surface area contributed by atoms with E-state index in [2.05, 4.69) is 0 Å². The van der Waals surface area contributed by atoms with Gasteiger partial charge in [-0.3, -0.25) is 0 Å². The predicted molar refractivity (Wildman–Crippen MR) is 277 cm³/mol. The lowest BCUT2D eigenvalue weighted by Gasteiger charge is -2.32. The lowest BCUT2D eigenvalue weighted by molar-refractivity contribution is 0.793. The topological polar surface area (TPSA) is 3.24 Å². The number of fused-ring (bicyclic) bond motifs is 11. The van der Waals surface area contributed by atoms with E-state index in [0.29, 0.717) is 11.1 Å². The van der Waals surface area contributed by atoms with E-state index in [1.165, 1.54) is 12.1 Å². The molecular formula is C65H43N. The number of rotatable bonds is 7. The molecule has 2 aliphatic rings. The second-order valence-corrected chi connectivity index (χ2v) is 15.7. The molecule has 1 nitrogen and oxygen atoms in total. The van der Waals surface area contributed by atoms with Gasteiger partial charge >= 0.3 is 0 Å². The predicted octanol–water partition coefficient (Wildman–Crippen LogP) is 17.3. The van der Waals surface area contributed by atoms with Crippen molar-refractivity contribution in [1.29, 1.82) is 0 Å². The van der Waals surface area contributed by atoms with Gasteiger partial charge in [-0.25, -0.2) is 0 Å². The van der Waals surface area contributed by atoms with Gasteiger partial charge in [0.25, 0.3) is 0 Å². The van der Waals surface area contributed by atoms with E-state index in [0.717, 1.165) is 37.9 Å². The van der Waals surface area contributed by atoms with Crippen molar-refractivity contribution in [2.75, 3.05) is 4.90 Å². The van der Waals surface area contributed by atoms with Crippen LogP contribution in [0, 0.1) is 0 Å². The van der Waals surface area contributed by atoms with Crippen LogP contribution in [0.4, 0.5) is 17.1 Å². The van der Waals surface area contributed by atoms with Gasteiger partial charge in [0.15, 0.2) is 0 Å². The number of nitrogens with zero attached hydrogens (tertiary/aromatic N) is 1. The molecule has 2 aliphatic carbocycles. The summed E-state index contributed by atoms with van der Waals surface area (Å²) in [5.41, 5.74) is -5.24. The third kappa shape index (κ3) is 5.87. The quantitative estimate of drug-likeness (QED) is 0.154. The number of anilines is 3. The molecule has 308 valence electrons. The zero-order valence-corrected chi connectivity index (χ0v) is 34.4. The highest BCUT2D eigenvalue weighted by atomic mass is 15.1. The van der Waals surface area contributed by atoms with Gasteiger partial charge < -0.3 is 4.90 Å². The molecule has 0 bridgehead atoms. The average molecular weight is 862 g/mol. The van der Waals surface area contributed by atoms with Crippen LogP contribution >= 0.6 is 0 Å². The Bertz CT molecular complexity index is 4890. The normalized spacial score (nSPS) is 17.8. The fourth-order valence-corrected chi connectivity index (χ4v) is 9.43. The first-order chi connectivity index (χ1) is 42.7. The summed E-state index contributed by atoms with van der Waals surface area (Å²) in [5, 5.41) is 1.80. The summed E-state index contributed by atoms with van der Waals surface area (Å²) >= 11 is 0. The van der Waals surface area contributed by atoms with Crippen molar-refractivity contribution in [2.24, 2.45) is 0 Å². The molecule has 0 fully saturated rings. The molecule has 0 amide bonds. The Morgan fingerprint density at radius 2 is 0.818 bits per heavy atom. The fraction of sp³-hybridized carbons (Fsp3) is 0.0154. The smallest absolute Gasteiger partial charge is 0.0726 e. The molecule has 0 atom stereocenters. The summed E-state index contributed by atoms with van der Waals surface area (Å²) in [4.78, 5) is 0.964. The molecule has 0 unspecified atom stereocenters. The third-order valence-corrected chi connectivity index (χ3v) is 12.3. The van der Waals surface area contributed by atoms with Crippen LogP contribution in [0.25, 0.3) is 77.5 Å². The average Bonchev–Trinajstić information content (AvgIpc) is 1.47. The first-order valence-corrected chi connectivity index (χ1v) is 21.0. The molecule has 1 heteroatoms. The molecule has 0 saturated heterocycles. The second kappa shape index (κ2) is 15.3. The van der Waals surface area contributed by atoms with Crippen molar-refractivity contribution >= 4 is 27.8 Å². The highest BCUT2D eigenvalue weighted by Gasteiger charge is 2.51. The molecule has 0 heterocycles. The maximum Gasteiger partial charge on any atom is 0.0726 e. The van der Waals surface area contributed by atoms with Gasteiger partial charge in [-0.2, -0.15) is 0 Å². The van der Waals surface area contributed by atoms with Crippen LogP contribution in [0.3, 0.4) is 0 Å². The number of hydrogen-bond acceptors (Lipinski definition) is 1. The fourth-order valence-electron chi connectivity index (χ4n) is 9.43. The second-order valence-electron chi connectivity index (χ2n) is 15.7. The van der Waals surface area contributed by atoms with Crippen molar-refractivity contribution in [2.45, 2.75) is 5.41 Å².